The van der Waals surface area contributed by atoms with Crippen LogP contribution < -0.4 is 15.5 Å². The number of ether oxygens (including phenoxy) is 2. The molecule has 4 heterocycles. The zero-order valence-corrected chi connectivity index (χ0v) is 21.9. The van der Waals surface area contributed by atoms with Gasteiger partial charge in [-0.1, -0.05) is 12.1 Å². The van der Waals surface area contributed by atoms with E-state index in [2.05, 4.69) is 20.9 Å². The zero-order valence-electron chi connectivity index (χ0n) is 21.1. The Morgan fingerprint density at radius 2 is 1.82 bits per heavy atom. The number of carbonyl (C=O) groups excluding carboxylic acids is 2. The summed E-state index contributed by atoms with van der Waals surface area (Å²) in [7, 11) is 1.89. The highest BCUT2D eigenvalue weighted by atomic mass is 32.1. The molecule has 5 rings (SSSR count). The molecule has 1 amide bonds. The highest BCUT2D eigenvalue weighted by Crippen LogP contribution is 2.35. The van der Waals surface area contributed by atoms with Gasteiger partial charge in [-0.3, -0.25) is 4.79 Å². The predicted octanol–water partition coefficient (Wildman–Crippen LogP) is 2.90. The SMILES string of the molecule is CCOC(=O)c1cnc(N(C)Cc2cc3nc(-c4ccc(C(N)=O)cc4)nc(N4CCOCC4)c3s2)nc1. The summed E-state index contributed by atoms with van der Waals surface area (Å²) in [6.07, 6.45) is 2.94. The van der Waals surface area contributed by atoms with Crippen molar-refractivity contribution in [3.8, 4) is 11.4 Å². The molecule has 1 aliphatic rings. The van der Waals surface area contributed by atoms with Crippen molar-refractivity contribution >= 4 is 45.2 Å². The number of nitrogens with zero attached hydrogens (tertiary/aromatic N) is 6. The Morgan fingerprint density at radius 1 is 1.11 bits per heavy atom. The van der Waals surface area contributed by atoms with E-state index in [0.29, 0.717) is 49.3 Å². The molecular weight excluding hydrogens is 506 g/mol. The fourth-order valence-corrected chi connectivity index (χ4v) is 5.25. The molecule has 1 aromatic carbocycles. The number of amides is 1. The van der Waals surface area contributed by atoms with Crippen LogP contribution in [-0.4, -0.2) is 71.8 Å². The number of rotatable bonds is 8. The summed E-state index contributed by atoms with van der Waals surface area (Å²) in [5.41, 5.74) is 7.77. The number of thiophene rings is 1. The van der Waals surface area contributed by atoms with E-state index < -0.39 is 11.9 Å². The molecule has 1 saturated heterocycles. The maximum absolute atomic E-state index is 11.9. The van der Waals surface area contributed by atoms with Crippen molar-refractivity contribution in [1.82, 2.24) is 19.9 Å². The predicted molar refractivity (Wildman–Crippen MR) is 144 cm³/mol. The molecule has 0 spiro atoms. The number of hydrogen-bond donors (Lipinski definition) is 1. The van der Waals surface area contributed by atoms with Gasteiger partial charge in [0.25, 0.3) is 0 Å². The van der Waals surface area contributed by atoms with Crippen LogP contribution in [0.2, 0.25) is 0 Å². The molecule has 1 aliphatic heterocycles. The van der Waals surface area contributed by atoms with Crippen molar-refractivity contribution in [2.24, 2.45) is 5.73 Å². The molecular formula is C26H27N7O4S. The van der Waals surface area contributed by atoms with Gasteiger partial charge < -0.3 is 25.0 Å². The van der Waals surface area contributed by atoms with Crippen molar-refractivity contribution in [2.45, 2.75) is 13.5 Å². The van der Waals surface area contributed by atoms with Crippen molar-refractivity contribution in [3.05, 3.63) is 58.7 Å². The topological polar surface area (TPSA) is 137 Å². The number of primary amides is 1. The first kappa shape index (κ1) is 25.5. The van der Waals surface area contributed by atoms with E-state index in [1.165, 1.54) is 12.4 Å². The average Bonchev–Trinajstić information content (AvgIpc) is 3.35. The number of anilines is 2. The van der Waals surface area contributed by atoms with Crippen molar-refractivity contribution < 1.29 is 19.1 Å². The van der Waals surface area contributed by atoms with E-state index in [1.807, 2.05) is 24.1 Å². The first-order chi connectivity index (χ1) is 18.4. The van der Waals surface area contributed by atoms with Crippen LogP contribution in [0, 0.1) is 0 Å². The molecule has 0 bridgehead atoms. The molecule has 11 nitrogen and oxygen atoms in total. The molecule has 0 unspecified atom stereocenters. The van der Waals surface area contributed by atoms with Crippen LogP contribution >= 0.6 is 11.3 Å². The first-order valence-electron chi connectivity index (χ1n) is 12.2. The Hall–Kier alpha value is -4.16. The fourth-order valence-electron chi connectivity index (χ4n) is 4.09. The van der Waals surface area contributed by atoms with Gasteiger partial charge in [-0.2, -0.15) is 0 Å². The molecule has 0 aliphatic carbocycles. The number of carbonyl (C=O) groups is 2. The maximum Gasteiger partial charge on any atom is 0.341 e. The van der Waals surface area contributed by atoms with Gasteiger partial charge in [-0.15, -0.1) is 11.3 Å². The second-order valence-corrected chi connectivity index (χ2v) is 9.82. The van der Waals surface area contributed by atoms with Crippen molar-refractivity contribution in [3.63, 3.8) is 0 Å². The summed E-state index contributed by atoms with van der Waals surface area (Å²) in [6.45, 7) is 5.33. The molecule has 0 saturated carbocycles. The highest BCUT2D eigenvalue weighted by molar-refractivity contribution is 7.19. The lowest BCUT2D eigenvalue weighted by atomic mass is 10.1. The molecule has 1 fully saturated rings. The summed E-state index contributed by atoms with van der Waals surface area (Å²) >= 11 is 1.63. The molecule has 2 N–H and O–H groups in total. The van der Waals surface area contributed by atoms with Crippen LogP contribution in [0.1, 0.15) is 32.5 Å². The minimum absolute atomic E-state index is 0.294. The third-order valence-corrected chi connectivity index (χ3v) is 7.13. The van der Waals surface area contributed by atoms with Crippen LogP contribution in [0.3, 0.4) is 0 Å². The smallest absolute Gasteiger partial charge is 0.341 e. The molecule has 38 heavy (non-hydrogen) atoms. The van der Waals surface area contributed by atoms with Crippen LogP contribution in [0.15, 0.2) is 42.7 Å². The zero-order chi connectivity index (χ0) is 26.6. The Kier molecular flexibility index (Phi) is 7.43. The van der Waals surface area contributed by atoms with Crippen LogP contribution in [0.4, 0.5) is 11.8 Å². The lowest BCUT2D eigenvalue weighted by molar-refractivity contribution is 0.0525. The Labute approximate surface area is 223 Å². The van der Waals surface area contributed by atoms with E-state index in [9.17, 15) is 9.59 Å². The first-order valence-corrected chi connectivity index (χ1v) is 13.0. The van der Waals surface area contributed by atoms with Gasteiger partial charge in [0.1, 0.15) is 0 Å². The van der Waals surface area contributed by atoms with E-state index in [1.54, 1.807) is 30.4 Å². The van der Waals surface area contributed by atoms with Gasteiger partial charge in [0.15, 0.2) is 11.6 Å². The summed E-state index contributed by atoms with van der Waals surface area (Å²) in [4.78, 5) is 47.0. The van der Waals surface area contributed by atoms with Gasteiger partial charge >= 0.3 is 5.97 Å². The third-order valence-electron chi connectivity index (χ3n) is 6.03. The summed E-state index contributed by atoms with van der Waals surface area (Å²) < 4.78 is 11.5. The number of fused-ring (bicyclic) bond motifs is 1. The third kappa shape index (κ3) is 5.41. The van der Waals surface area contributed by atoms with Crippen LogP contribution in [0.25, 0.3) is 21.6 Å². The van der Waals surface area contributed by atoms with Gasteiger partial charge in [-0.25, -0.2) is 24.7 Å². The molecule has 3 aromatic heterocycles. The van der Waals surface area contributed by atoms with Gasteiger partial charge in [0.05, 0.1) is 42.1 Å². The number of morpholine rings is 1. The molecule has 12 heteroatoms. The number of hydrogen-bond acceptors (Lipinski definition) is 11. The van der Waals surface area contributed by atoms with E-state index in [4.69, 9.17) is 25.2 Å². The monoisotopic (exact) mass is 533 g/mol. The lowest BCUT2D eigenvalue weighted by Gasteiger charge is -2.28. The van der Waals surface area contributed by atoms with Crippen LogP contribution in [0.5, 0.6) is 0 Å². The standard InChI is InChI=1S/C26H27N7O4S/c1-3-37-25(35)18-13-28-26(29-14-18)32(2)15-19-12-20-21(38-19)24(33-8-10-36-11-9-33)31-23(30-20)17-6-4-16(5-7-17)22(27)34/h4-7,12-14H,3,8-11,15H2,1-2H3,(H2,27,34). The fraction of sp³-hybridized carbons (Fsp3) is 0.308. The number of esters is 1. The molecule has 4 aromatic rings. The van der Waals surface area contributed by atoms with E-state index in [-0.39, 0.29) is 0 Å². The second-order valence-electron chi connectivity index (χ2n) is 8.69. The number of benzene rings is 1. The Morgan fingerprint density at radius 3 is 2.47 bits per heavy atom. The lowest BCUT2D eigenvalue weighted by Crippen LogP contribution is -2.36. The average molecular weight is 534 g/mol. The van der Waals surface area contributed by atoms with E-state index >= 15 is 0 Å². The minimum atomic E-state index is -0.479. The minimum Gasteiger partial charge on any atom is -0.462 e. The second kappa shape index (κ2) is 11.1. The number of nitrogens with two attached hydrogens (primary N) is 1. The van der Waals surface area contributed by atoms with Crippen LogP contribution in [-0.2, 0) is 16.0 Å². The molecule has 196 valence electrons. The normalized spacial score (nSPS) is 13.5. The quantitative estimate of drug-likeness (QED) is 0.337. The summed E-state index contributed by atoms with van der Waals surface area (Å²) in [6, 6.07) is 9.03. The maximum atomic E-state index is 11.9. The molecule has 0 atom stereocenters. The Balaban J connectivity index is 1.45. The van der Waals surface area contributed by atoms with Gasteiger partial charge in [0.2, 0.25) is 11.9 Å². The largest absolute Gasteiger partial charge is 0.462 e. The van der Waals surface area contributed by atoms with Gasteiger partial charge in [0, 0.05) is 48.5 Å². The summed E-state index contributed by atoms with van der Waals surface area (Å²) in [5.74, 6) is 1.01. The van der Waals surface area contributed by atoms with Crippen molar-refractivity contribution in [2.75, 3.05) is 49.8 Å². The Bertz CT molecular complexity index is 1450. The number of aromatic nitrogens is 4. The van der Waals surface area contributed by atoms with Gasteiger partial charge in [-0.05, 0) is 25.1 Å². The van der Waals surface area contributed by atoms with E-state index in [0.717, 1.165) is 39.6 Å². The van der Waals surface area contributed by atoms with Crippen molar-refractivity contribution in [1.29, 1.82) is 0 Å². The summed E-state index contributed by atoms with van der Waals surface area (Å²) in [5, 5.41) is 0. The highest BCUT2D eigenvalue weighted by Gasteiger charge is 2.21. The molecule has 0 radical (unpaired) electrons.